The molecule has 0 saturated carbocycles. The van der Waals surface area contributed by atoms with Crippen LogP contribution in [0.4, 0.5) is 0 Å². The van der Waals surface area contributed by atoms with E-state index in [9.17, 15) is 14.4 Å². The number of carbonyl (C=O) groups excluding carboxylic acids is 3. The molecular weight excluding hydrogens is 394 g/mol. The van der Waals surface area contributed by atoms with Crippen LogP contribution in [0.3, 0.4) is 0 Å². The lowest BCUT2D eigenvalue weighted by atomic mass is 10.0. The van der Waals surface area contributed by atoms with Crippen LogP contribution < -0.4 is 16.2 Å². The molecule has 1 aromatic carbocycles. The molecule has 0 aliphatic carbocycles. The van der Waals surface area contributed by atoms with Gasteiger partial charge in [0, 0.05) is 6.92 Å². The van der Waals surface area contributed by atoms with Gasteiger partial charge in [-0.3, -0.25) is 25.2 Å². The standard InChI is InChI=1S/C16H16BrN3O3S/c1-10(21)18-12(11-5-3-2-4-6-11)9-15(22)19-20-16(23)13-7-8-14(17)24-13/h2-8,12H,9H2,1H3,(H,18,21)(H,19,22)(H,20,23)/t12-/m1/s1. The lowest BCUT2D eigenvalue weighted by molar-refractivity contribution is -0.123. The number of benzene rings is 1. The van der Waals surface area contributed by atoms with Crippen molar-refractivity contribution < 1.29 is 14.4 Å². The van der Waals surface area contributed by atoms with E-state index in [1.807, 2.05) is 30.3 Å². The van der Waals surface area contributed by atoms with Crippen LogP contribution in [0.15, 0.2) is 46.3 Å². The molecule has 0 aliphatic rings. The van der Waals surface area contributed by atoms with Crippen molar-refractivity contribution in [3.63, 3.8) is 0 Å². The lowest BCUT2D eigenvalue weighted by Gasteiger charge is -2.18. The number of halogens is 1. The highest BCUT2D eigenvalue weighted by Gasteiger charge is 2.17. The van der Waals surface area contributed by atoms with Crippen LogP contribution in [0.1, 0.15) is 34.6 Å². The first kappa shape index (κ1) is 18.2. The van der Waals surface area contributed by atoms with Gasteiger partial charge in [-0.05, 0) is 33.6 Å². The first-order chi connectivity index (χ1) is 11.5. The highest BCUT2D eigenvalue weighted by Crippen LogP contribution is 2.21. The predicted molar refractivity (Wildman–Crippen MR) is 95.2 cm³/mol. The molecule has 6 nitrogen and oxygen atoms in total. The Labute approximate surface area is 151 Å². The Bertz CT molecular complexity index is 733. The van der Waals surface area contributed by atoms with Gasteiger partial charge in [0.25, 0.3) is 5.91 Å². The van der Waals surface area contributed by atoms with Crippen LogP contribution in [0.25, 0.3) is 0 Å². The van der Waals surface area contributed by atoms with Crippen molar-refractivity contribution in [3.05, 3.63) is 56.7 Å². The number of nitrogens with one attached hydrogen (secondary N) is 3. The minimum Gasteiger partial charge on any atom is -0.349 e. The normalized spacial score (nSPS) is 11.4. The molecule has 1 aromatic heterocycles. The minimum atomic E-state index is -0.462. The summed E-state index contributed by atoms with van der Waals surface area (Å²) in [5, 5.41) is 2.73. The van der Waals surface area contributed by atoms with Crippen molar-refractivity contribution in [2.45, 2.75) is 19.4 Å². The summed E-state index contributed by atoms with van der Waals surface area (Å²) in [7, 11) is 0. The predicted octanol–water partition coefficient (Wildman–Crippen LogP) is 2.54. The van der Waals surface area contributed by atoms with Crippen LogP contribution in [0.2, 0.25) is 0 Å². The number of amides is 3. The van der Waals surface area contributed by atoms with E-state index in [4.69, 9.17) is 0 Å². The lowest BCUT2D eigenvalue weighted by Crippen LogP contribution is -2.43. The van der Waals surface area contributed by atoms with Crippen molar-refractivity contribution in [2.24, 2.45) is 0 Å². The Morgan fingerprint density at radius 1 is 1.08 bits per heavy atom. The highest BCUT2D eigenvalue weighted by molar-refractivity contribution is 9.11. The summed E-state index contributed by atoms with van der Waals surface area (Å²) >= 11 is 4.54. The number of hydrogen-bond acceptors (Lipinski definition) is 4. The van der Waals surface area contributed by atoms with Gasteiger partial charge in [-0.1, -0.05) is 30.3 Å². The van der Waals surface area contributed by atoms with Gasteiger partial charge in [0.2, 0.25) is 11.8 Å². The van der Waals surface area contributed by atoms with Crippen LogP contribution >= 0.6 is 27.3 Å². The van der Waals surface area contributed by atoms with Gasteiger partial charge in [-0.2, -0.15) is 0 Å². The summed E-state index contributed by atoms with van der Waals surface area (Å²) in [6, 6.07) is 12.1. The zero-order valence-electron chi connectivity index (χ0n) is 12.8. The summed E-state index contributed by atoms with van der Waals surface area (Å²) in [4.78, 5) is 35.8. The SMILES string of the molecule is CC(=O)N[C@H](CC(=O)NNC(=O)c1ccc(Br)s1)c1ccccc1. The van der Waals surface area contributed by atoms with Crippen molar-refractivity contribution in [1.29, 1.82) is 0 Å². The first-order valence-corrected chi connectivity index (χ1v) is 8.73. The maximum absolute atomic E-state index is 12.1. The third kappa shape index (κ3) is 5.47. The van der Waals surface area contributed by atoms with Crippen LogP contribution in [0, 0.1) is 0 Å². The van der Waals surface area contributed by atoms with E-state index in [1.54, 1.807) is 12.1 Å². The summed E-state index contributed by atoms with van der Waals surface area (Å²) in [5.41, 5.74) is 5.54. The molecule has 0 unspecified atom stereocenters. The van der Waals surface area contributed by atoms with E-state index < -0.39 is 17.9 Å². The van der Waals surface area contributed by atoms with Gasteiger partial charge in [0.05, 0.1) is 21.1 Å². The monoisotopic (exact) mass is 409 g/mol. The number of rotatable bonds is 5. The quantitative estimate of drug-likeness (QED) is 0.663. The van der Waals surface area contributed by atoms with E-state index in [1.165, 1.54) is 18.3 Å². The maximum atomic E-state index is 12.1. The average Bonchev–Trinajstić information content (AvgIpc) is 2.99. The second kappa shape index (κ2) is 8.60. The van der Waals surface area contributed by atoms with Crippen molar-refractivity contribution >= 4 is 45.0 Å². The van der Waals surface area contributed by atoms with Crippen LogP contribution in [-0.4, -0.2) is 17.7 Å². The average molecular weight is 410 g/mol. The number of carbonyl (C=O) groups is 3. The third-order valence-corrected chi connectivity index (χ3v) is 4.70. The van der Waals surface area contributed by atoms with Gasteiger partial charge in [-0.25, -0.2) is 0 Å². The van der Waals surface area contributed by atoms with E-state index in [2.05, 4.69) is 32.1 Å². The van der Waals surface area contributed by atoms with E-state index in [-0.39, 0.29) is 12.3 Å². The van der Waals surface area contributed by atoms with Crippen molar-refractivity contribution in [2.75, 3.05) is 0 Å². The van der Waals surface area contributed by atoms with Crippen molar-refractivity contribution in [3.8, 4) is 0 Å². The summed E-state index contributed by atoms with van der Waals surface area (Å²) < 4.78 is 0.828. The molecule has 0 bridgehead atoms. The van der Waals surface area contributed by atoms with Crippen molar-refractivity contribution in [1.82, 2.24) is 16.2 Å². The number of thiophene rings is 1. The zero-order valence-corrected chi connectivity index (χ0v) is 15.2. The molecule has 1 atom stereocenters. The van der Waals surface area contributed by atoms with E-state index in [0.29, 0.717) is 4.88 Å². The fourth-order valence-electron chi connectivity index (χ4n) is 2.04. The topological polar surface area (TPSA) is 87.3 Å². The molecule has 0 aliphatic heterocycles. The molecule has 126 valence electrons. The van der Waals surface area contributed by atoms with Gasteiger partial charge in [0.1, 0.15) is 0 Å². The molecular formula is C16H16BrN3O3S. The Hall–Kier alpha value is -2.19. The molecule has 8 heteroatoms. The van der Waals surface area contributed by atoms with Gasteiger partial charge < -0.3 is 5.32 Å². The summed E-state index contributed by atoms with van der Waals surface area (Å²) in [6.45, 7) is 1.39. The Kier molecular flexibility index (Phi) is 6.51. The fourth-order valence-corrected chi connectivity index (χ4v) is 3.33. The third-order valence-electron chi connectivity index (χ3n) is 3.08. The molecule has 1 heterocycles. The molecule has 0 radical (unpaired) electrons. The maximum Gasteiger partial charge on any atom is 0.279 e. The number of hydrazine groups is 1. The van der Waals surface area contributed by atoms with Gasteiger partial charge in [0.15, 0.2) is 0 Å². The largest absolute Gasteiger partial charge is 0.349 e. The number of hydrogen-bond donors (Lipinski definition) is 3. The molecule has 0 fully saturated rings. The molecule has 0 spiro atoms. The second-order valence-corrected chi connectivity index (χ2v) is 7.44. The Morgan fingerprint density at radius 3 is 2.38 bits per heavy atom. The highest BCUT2D eigenvalue weighted by atomic mass is 79.9. The molecule has 0 saturated heterocycles. The van der Waals surface area contributed by atoms with Gasteiger partial charge in [-0.15, -0.1) is 11.3 Å². The van der Waals surface area contributed by atoms with Gasteiger partial charge >= 0.3 is 0 Å². The molecule has 24 heavy (non-hydrogen) atoms. The molecule has 3 N–H and O–H groups in total. The van der Waals surface area contributed by atoms with E-state index in [0.717, 1.165) is 9.35 Å². The van der Waals surface area contributed by atoms with E-state index >= 15 is 0 Å². The second-order valence-electron chi connectivity index (χ2n) is 4.97. The molecule has 3 amide bonds. The Morgan fingerprint density at radius 2 is 1.79 bits per heavy atom. The molecule has 2 rings (SSSR count). The fraction of sp³-hybridized carbons (Fsp3) is 0.188. The summed E-state index contributed by atoms with van der Waals surface area (Å²) in [5.74, 6) is -1.03. The molecule has 2 aromatic rings. The Balaban J connectivity index is 1.93. The minimum absolute atomic E-state index is 0.0119. The first-order valence-electron chi connectivity index (χ1n) is 7.12. The summed E-state index contributed by atoms with van der Waals surface area (Å²) in [6.07, 6.45) is 0.0119. The van der Waals surface area contributed by atoms with Crippen LogP contribution in [-0.2, 0) is 9.59 Å². The smallest absolute Gasteiger partial charge is 0.279 e. The zero-order chi connectivity index (χ0) is 17.5. The van der Waals surface area contributed by atoms with Crippen LogP contribution in [0.5, 0.6) is 0 Å².